The zero-order valence-electron chi connectivity index (χ0n) is 11.5. The zero-order valence-corrected chi connectivity index (χ0v) is 11.5. The van der Waals surface area contributed by atoms with Crippen LogP contribution in [0.2, 0.25) is 0 Å². The molecule has 0 aliphatic carbocycles. The van der Waals surface area contributed by atoms with Gasteiger partial charge in [0.05, 0.1) is 6.61 Å². The molecule has 0 heterocycles. The number of rotatable bonds is 7. The largest absolute Gasteiger partial charge is 0.380 e. The van der Waals surface area contributed by atoms with E-state index in [1.165, 1.54) is 11.1 Å². The molecule has 1 aromatic carbocycles. The van der Waals surface area contributed by atoms with Crippen molar-refractivity contribution < 1.29 is 4.74 Å². The van der Waals surface area contributed by atoms with Crippen LogP contribution in [-0.4, -0.2) is 19.2 Å². The SMILES string of the molecule is CCC(C)(C)NCCc1ccccc1COC. The van der Waals surface area contributed by atoms with Crippen LogP contribution in [0.15, 0.2) is 24.3 Å². The first-order valence-corrected chi connectivity index (χ1v) is 6.40. The van der Waals surface area contributed by atoms with Crippen molar-refractivity contribution in [2.45, 2.75) is 45.8 Å². The van der Waals surface area contributed by atoms with E-state index in [1.54, 1.807) is 7.11 Å². The van der Waals surface area contributed by atoms with Gasteiger partial charge in [-0.2, -0.15) is 0 Å². The molecule has 0 aliphatic rings. The highest BCUT2D eigenvalue weighted by Crippen LogP contribution is 2.12. The van der Waals surface area contributed by atoms with Crippen LogP contribution in [-0.2, 0) is 17.8 Å². The van der Waals surface area contributed by atoms with E-state index in [0.717, 1.165) is 19.4 Å². The summed E-state index contributed by atoms with van der Waals surface area (Å²) in [5.41, 5.74) is 2.91. The van der Waals surface area contributed by atoms with Crippen molar-refractivity contribution in [1.29, 1.82) is 0 Å². The first-order chi connectivity index (χ1) is 8.09. The molecule has 2 heteroatoms. The highest BCUT2D eigenvalue weighted by atomic mass is 16.5. The maximum atomic E-state index is 5.22. The van der Waals surface area contributed by atoms with Gasteiger partial charge in [0.15, 0.2) is 0 Å². The van der Waals surface area contributed by atoms with Crippen LogP contribution in [0.4, 0.5) is 0 Å². The lowest BCUT2D eigenvalue weighted by atomic mass is 10.0. The maximum Gasteiger partial charge on any atom is 0.0715 e. The molecule has 0 amide bonds. The van der Waals surface area contributed by atoms with E-state index in [4.69, 9.17) is 4.74 Å². The molecular formula is C15H25NO. The van der Waals surface area contributed by atoms with Gasteiger partial charge in [0, 0.05) is 12.6 Å². The monoisotopic (exact) mass is 235 g/mol. The fraction of sp³-hybridized carbons (Fsp3) is 0.600. The van der Waals surface area contributed by atoms with Crippen LogP contribution in [0, 0.1) is 0 Å². The topological polar surface area (TPSA) is 21.3 Å². The predicted octanol–water partition coefficient (Wildman–Crippen LogP) is 3.15. The third-order valence-electron chi connectivity index (χ3n) is 3.30. The summed E-state index contributed by atoms with van der Waals surface area (Å²) in [4.78, 5) is 0. The van der Waals surface area contributed by atoms with Crippen LogP contribution >= 0.6 is 0 Å². The summed E-state index contributed by atoms with van der Waals surface area (Å²) in [5.74, 6) is 0. The van der Waals surface area contributed by atoms with Gasteiger partial charge in [-0.1, -0.05) is 31.2 Å². The molecule has 17 heavy (non-hydrogen) atoms. The minimum Gasteiger partial charge on any atom is -0.380 e. The van der Waals surface area contributed by atoms with E-state index in [9.17, 15) is 0 Å². The van der Waals surface area contributed by atoms with Gasteiger partial charge in [-0.3, -0.25) is 0 Å². The molecule has 1 rings (SSSR count). The summed E-state index contributed by atoms with van der Waals surface area (Å²) >= 11 is 0. The molecule has 2 nitrogen and oxygen atoms in total. The fourth-order valence-electron chi connectivity index (χ4n) is 1.76. The van der Waals surface area contributed by atoms with Gasteiger partial charge in [0.2, 0.25) is 0 Å². The number of nitrogens with one attached hydrogen (secondary N) is 1. The first-order valence-electron chi connectivity index (χ1n) is 6.40. The first kappa shape index (κ1) is 14.2. The molecule has 0 unspecified atom stereocenters. The Bertz CT molecular complexity index is 333. The van der Waals surface area contributed by atoms with E-state index in [0.29, 0.717) is 6.61 Å². The van der Waals surface area contributed by atoms with Crippen molar-refractivity contribution in [3.8, 4) is 0 Å². The second-order valence-corrected chi connectivity index (χ2v) is 5.12. The van der Waals surface area contributed by atoms with Gasteiger partial charge >= 0.3 is 0 Å². The summed E-state index contributed by atoms with van der Waals surface area (Å²) in [6.07, 6.45) is 2.20. The van der Waals surface area contributed by atoms with E-state index in [1.807, 2.05) is 0 Å². The van der Waals surface area contributed by atoms with Crippen LogP contribution < -0.4 is 5.32 Å². The van der Waals surface area contributed by atoms with Crippen LogP contribution in [0.3, 0.4) is 0 Å². The zero-order chi connectivity index (χ0) is 12.7. The number of hydrogen-bond acceptors (Lipinski definition) is 2. The third kappa shape index (κ3) is 4.88. The Hall–Kier alpha value is -0.860. The van der Waals surface area contributed by atoms with E-state index in [-0.39, 0.29) is 5.54 Å². The Balaban J connectivity index is 2.51. The van der Waals surface area contributed by atoms with E-state index >= 15 is 0 Å². The van der Waals surface area contributed by atoms with Crippen molar-refractivity contribution in [3.05, 3.63) is 35.4 Å². The number of methoxy groups -OCH3 is 1. The summed E-state index contributed by atoms with van der Waals surface area (Å²) in [7, 11) is 1.75. The fourth-order valence-corrected chi connectivity index (χ4v) is 1.76. The van der Waals surface area contributed by atoms with Crippen molar-refractivity contribution in [2.24, 2.45) is 0 Å². The lowest BCUT2D eigenvalue weighted by Gasteiger charge is -2.24. The van der Waals surface area contributed by atoms with Crippen molar-refractivity contribution in [1.82, 2.24) is 5.32 Å². The molecule has 0 saturated heterocycles. The molecule has 1 N–H and O–H groups in total. The van der Waals surface area contributed by atoms with Gasteiger partial charge in [-0.15, -0.1) is 0 Å². The van der Waals surface area contributed by atoms with E-state index in [2.05, 4.69) is 50.4 Å². The molecule has 96 valence electrons. The van der Waals surface area contributed by atoms with Gasteiger partial charge in [0.1, 0.15) is 0 Å². The lowest BCUT2D eigenvalue weighted by molar-refractivity contribution is 0.184. The number of hydrogen-bond donors (Lipinski definition) is 1. The average molecular weight is 235 g/mol. The summed E-state index contributed by atoms with van der Waals surface area (Å²) in [6.45, 7) is 8.42. The van der Waals surface area contributed by atoms with Crippen LogP contribution in [0.5, 0.6) is 0 Å². The summed E-state index contributed by atoms with van der Waals surface area (Å²) in [5, 5.41) is 3.59. The smallest absolute Gasteiger partial charge is 0.0715 e. The Labute approximate surface area is 105 Å². The quantitative estimate of drug-likeness (QED) is 0.784. The molecular weight excluding hydrogens is 210 g/mol. The number of benzene rings is 1. The molecule has 0 radical (unpaired) electrons. The predicted molar refractivity (Wildman–Crippen MR) is 73.2 cm³/mol. The van der Waals surface area contributed by atoms with Gasteiger partial charge in [-0.05, 0) is 44.4 Å². The summed E-state index contributed by atoms with van der Waals surface area (Å²) in [6, 6.07) is 8.50. The lowest BCUT2D eigenvalue weighted by Crippen LogP contribution is -2.39. The molecule has 1 aromatic rings. The third-order valence-corrected chi connectivity index (χ3v) is 3.30. The molecule has 0 fully saturated rings. The molecule has 0 aromatic heterocycles. The Kier molecular flexibility index (Phi) is 5.66. The molecule has 0 aliphatic heterocycles. The van der Waals surface area contributed by atoms with Gasteiger partial charge in [-0.25, -0.2) is 0 Å². The highest BCUT2D eigenvalue weighted by Gasteiger charge is 2.13. The standard InChI is InChI=1S/C15H25NO/c1-5-15(2,3)16-11-10-13-8-6-7-9-14(13)12-17-4/h6-9,16H,5,10-12H2,1-4H3. The second kappa shape index (κ2) is 6.77. The normalized spacial score (nSPS) is 11.8. The average Bonchev–Trinajstić information content (AvgIpc) is 2.31. The van der Waals surface area contributed by atoms with Crippen molar-refractivity contribution >= 4 is 0 Å². The minimum absolute atomic E-state index is 0.232. The molecule has 0 bridgehead atoms. The van der Waals surface area contributed by atoms with Gasteiger partial charge < -0.3 is 10.1 Å². The Morgan fingerprint density at radius 3 is 2.41 bits per heavy atom. The van der Waals surface area contributed by atoms with Gasteiger partial charge in [0.25, 0.3) is 0 Å². The molecule has 0 spiro atoms. The Morgan fingerprint density at radius 1 is 1.18 bits per heavy atom. The highest BCUT2D eigenvalue weighted by molar-refractivity contribution is 5.26. The summed E-state index contributed by atoms with van der Waals surface area (Å²) < 4.78 is 5.22. The Morgan fingerprint density at radius 2 is 1.82 bits per heavy atom. The molecule has 0 atom stereocenters. The van der Waals surface area contributed by atoms with E-state index < -0.39 is 0 Å². The second-order valence-electron chi connectivity index (χ2n) is 5.12. The van der Waals surface area contributed by atoms with Crippen LogP contribution in [0.1, 0.15) is 38.3 Å². The van der Waals surface area contributed by atoms with Crippen LogP contribution in [0.25, 0.3) is 0 Å². The van der Waals surface area contributed by atoms with Crippen molar-refractivity contribution in [2.75, 3.05) is 13.7 Å². The maximum absolute atomic E-state index is 5.22. The minimum atomic E-state index is 0.232. The molecule has 0 saturated carbocycles. The number of ether oxygens (including phenoxy) is 1. The van der Waals surface area contributed by atoms with Crippen molar-refractivity contribution in [3.63, 3.8) is 0 Å².